The van der Waals surface area contributed by atoms with Crippen LogP contribution in [0.5, 0.6) is 0 Å². The van der Waals surface area contributed by atoms with E-state index in [9.17, 15) is 22.8 Å². The highest BCUT2D eigenvalue weighted by Gasteiger charge is 2.31. The maximum absolute atomic E-state index is 13.1. The lowest BCUT2D eigenvalue weighted by Gasteiger charge is -2.32. The average molecular weight is 529 g/mol. The van der Waals surface area contributed by atoms with Crippen LogP contribution in [-0.4, -0.2) is 55.6 Å². The van der Waals surface area contributed by atoms with Gasteiger partial charge in [-0.2, -0.15) is 4.31 Å². The van der Waals surface area contributed by atoms with Gasteiger partial charge in [0, 0.05) is 45.1 Å². The Balaban J connectivity index is 1.58. The molecule has 0 spiro atoms. The second-order valence-corrected chi connectivity index (χ2v) is 11.7. The van der Waals surface area contributed by atoms with Crippen molar-refractivity contribution in [1.29, 1.82) is 0 Å². The van der Waals surface area contributed by atoms with Crippen LogP contribution in [0, 0.1) is 0 Å². The number of benzene rings is 2. The lowest BCUT2D eigenvalue weighted by Crippen LogP contribution is -2.53. The highest BCUT2D eigenvalue weighted by atomic mass is 32.2. The van der Waals surface area contributed by atoms with Gasteiger partial charge in [-0.25, -0.2) is 8.42 Å². The van der Waals surface area contributed by atoms with Gasteiger partial charge >= 0.3 is 0 Å². The van der Waals surface area contributed by atoms with E-state index >= 15 is 0 Å². The Kier molecular flexibility index (Phi) is 9.45. The SMILES string of the molecule is CC(=O)Nc1ccc(S(=O)(=O)N2CCC(NC(=O)C(Cc3ccc(C(C)C)cc3)NC(C)=O)CC2)cc1. The van der Waals surface area contributed by atoms with Gasteiger partial charge in [0.2, 0.25) is 27.7 Å². The van der Waals surface area contributed by atoms with Crippen LogP contribution in [0.2, 0.25) is 0 Å². The molecule has 1 fully saturated rings. The minimum absolute atomic E-state index is 0.151. The zero-order valence-electron chi connectivity index (χ0n) is 21.8. The van der Waals surface area contributed by atoms with Gasteiger partial charge < -0.3 is 16.0 Å². The van der Waals surface area contributed by atoms with E-state index in [4.69, 9.17) is 0 Å². The van der Waals surface area contributed by atoms with E-state index in [2.05, 4.69) is 29.8 Å². The zero-order valence-corrected chi connectivity index (χ0v) is 22.6. The van der Waals surface area contributed by atoms with Crippen LogP contribution in [0.25, 0.3) is 0 Å². The number of amides is 3. The van der Waals surface area contributed by atoms with Gasteiger partial charge in [-0.15, -0.1) is 0 Å². The molecule has 3 rings (SSSR count). The second-order valence-electron chi connectivity index (χ2n) is 9.75. The van der Waals surface area contributed by atoms with E-state index in [1.54, 1.807) is 12.1 Å². The average Bonchev–Trinajstić information content (AvgIpc) is 2.84. The summed E-state index contributed by atoms with van der Waals surface area (Å²) < 4.78 is 27.5. The molecule has 9 nitrogen and oxygen atoms in total. The lowest BCUT2D eigenvalue weighted by atomic mass is 9.98. The minimum atomic E-state index is -3.69. The van der Waals surface area contributed by atoms with E-state index in [-0.39, 0.29) is 41.7 Å². The first-order valence-electron chi connectivity index (χ1n) is 12.5. The van der Waals surface area contributed by atoms with Gasteiger partial charge in [0.05, 0.1) is 4.90 Å². The smallest absolute Gasteiger partial charge is 0.243 e. The van der Waals surface area contributed by atoms with Crippen molar-refractivity contribution in [2.45, 2.75) is 69.9 Å². The maximum Gasteiger partial charge on any atom is 0.243 e. The predicted molar refractivity (Wildman–Crippen MR) is 143 cm³/mol. The molecule has 1 saturated heterocycles. The summed E-state index contributed by atoms with van der Waals surface area (Å²) in [6.07, 6.45) is 1.29. The van der Waals surface area contributed by atoms with Gasteiger partial charge in [-0.05, 0) is 54.2 Å². The van der Waals surface area contributed by atoms with Crippen molar-refractivity contribution in [3.63, 3.8) is 0 Å². The number of carbonyl (C=O) groups is 3. The quantitative estimate of drug-likeness (QED) is 0.462. The number of hydrogen-bond donors (Lipinski definition) is 3. The summed E-state index contributed by atoms with van der Waals surface area (Å²) in [5.41, 5.74) is 2.68. The number of rotatable bonds is 9. The summed E-state index contributed by atoms with van der Waals surface area (Å²) in [6.45, 7) is 7.53. The Morgan fingerprint density at radius 1 is 0.919 bits per heavy atom. The molecule has 3 N–H and O–H groups in total. The van der Waals surface area contributed by atoms with Crippen molar-refractivity contribution in [2.24, 2.45) is 0 Å². The third-order valence-corrected chi connectivity index (χ3v) is 8.31. The first kappa shape index (κ1) is 28.3. The Bertz CT molecular complexity index is 1200. The fourth-order valence-corrected chi connectivity index (χ4v) is 5.80. The van der Waals surface area contributed by atoms with Crippen LogP contribution in [-0.2, 0) is 30.8 Å². The van der Waals surface area contributed by atoms with Gasteiger partial charge in [-0.3, -0.25) is 14.4 Å². The predicted octanol–water partition coefficient (Wildman–Crippen LogP) is 2.79. The molecule has 2 aromatic rings. The summed E-state index contributed by atoms with van der Waals surface area (Å²) in [4.78, 5) is 36.1. The number of anilines is 1. The summed E-state index contributed by atoms with van der Waals surface area (Å²) in [5, 5.41) is 8.35. The molecular weight excluding hydrogens is 492 g/mol. The summed E-state index contributed by atoms with van der Waals surface area (Å²) in [6, 6.07) is 13.2. The molecule has 1 atom stereocenters. The fraction of sp³-hybridized carbons (Fsp3) is 0.444. The molecule has 0 aliphatic carbocycles. The van der Waals surface area contributed by atoms with Gasteiger partial charge in [-0.1, -0.05) is 38.1 Å². The Labute approximate surface area is 219 Å². The monoisotopic (exact) mass is 528 g/mol. The molecule has 10 heteroatoms. The molecule has 1 aliphatic rings. The van der Waals surface area contributed by atoms with Crippen molar-refractivity contribution in [1.82, 2.24) is 14.9 Å². The van der Waals surface area contributed by atoms with Gasteiger partial charge in [0.1, 0.15) is 6.04 Å². The number of hydrogen-bond acceptors (Lipinski definition) is 5. The molecule has 1 unspecified atom stereocenters. The number of carbonyl (C=O) groups excluding carboxylic acids is 3. The Morgan fingerprint density at radius 2 is 1.51 bits per heavy atom. The van der Waals surface area contributed by atoms with Crippen molar-refractivity contribution in [2.75, 3.05) is 18.4 Å². The number of sulfonamides is 1. The molecule has 200 valence electrons. The van der Waals surface area contributed by atoms with Crippen LogP contribution in [0.1, 0.15) is 57.6 Å². The van der Waals surface area contributed by atoms with Crippen LogP contribution >= 0.6 is 0 Å². The van der Waals surface area contributed by atoms with Crippen molar-refractivity contribution in [3.8, 4) is 0 Å². The third-order valence-electron chi connectivity index (χ3n) is 6.39. The Hall–Kier alpha value is -3.24. The molecule has 0 radical (unpaired) electrons. The number of nitrogens with zero attached hydrogens (tertiary/aromatic N) is 1. The minimum Gasteiger partial charge on any atom is -0.351 e. The van der Waals surface area contributed by atoms with Crippen molar-refractivity contribution < 1.29 is 22.8 Å². The topological polar surface area (TPSA) is 125 Å². The van der Waals surface area contributed by atoms with E-state index in [1.807, 2.05) is 24.3 Å². The standard InChI is InChI=1S/C27H36N4O5S/c1-18(2)22-7-5-21(6-8-22)17-26(29-20(4)33)27(34)30-24-13-15-31(16-14-24)37(35,36)25-11-9-23(10-12-25)28-19(3)32/h5-12,18,24,26H,13-17H2,1-4H3,(H,28,32)(H,29,33)(H,30,34). The third kappa shape index (κ3) is 7.87. The molecule has 0 saturated carbocycles. The van der Waals surface area contributed by atoms with Gasteiger partial charge in [0.25, 0.3) is 0 Å². The molecular formula is C27H36N4O5S. The largest absolute Gasteiger partial charge is 0.351 e. The summed E-state index contributed by atoms with van der Waals surface area (Å²) in [7, 11) is -3.69. The van der Waals surface area contributed by atoms with Gasteiger partial charge in [0.15, 0.2) is 0 Å². The lowest BCUT2D eigenvalue weighted by molar-refractivity contribution is -0.128. The highest BCUT2D eigenvalue weighted by molar-refractivity contribution is 7.89. The summed E-state index contributed by atoms with van der Waals surface area (Å²) in [5.74, 6) is -0.395. The second kappa shape index (κ2) is 12.3. The molecule has 1 aliphatic heterocycles. The van der Waals surface area contributed by atoms with Crippen molar-refractivity contribution in [3.05, 3.63) is 59.7 Å². The number of nitrogens with one attached hydrogen (secondary N) is 3. The highest BCUT2D eigenvalue weighted by Crippen LogP contribution is 2.23. The molecule has 37 heavy (non-hydrogen) atoms. The number of piperidine rings is 1. The van der Waals surface area contributed by atoms with Crippen LogP contribution in [0.4, 0.5) is 5.69 Å². The van der Waals surface area contributed by atoms with E-state index in [1.165, 1.54) is 35.8 Å². The Morgan fingerprint density at radius 3 is 2.03 bits per heavy atom. The zero-order chi connectivity index (χ0) is 27.2. The molecule has 2 aromatic carbocycles. The first-order chi connectivity index (χ1) is 17.5. The van der Waals surface area contributed by atoms with Crippen molar-refractivity contribution >= 4 is 33.4 Å². The van der Waals surface area contributed by atoms with E-state index in [0.717, 1.165) is 5.56 Å². The van der Waals surface area contributed by atoms with Crippen LogP contribution < -0.4 is 16.0 Å². The van der Waals surface area contributed by atoms with Crippen LogP contribution in [0.3, 0.4) is 0 Å². The molecule has 1 heterocycles. The summed E-state index contributed by atoms with van der Waals surface area (Å²) >= 11 is 0. The molecule has 0 bridgehead atoms. The first-order valence-corrected chi connectivity index (χ1v) is 13.9. The normalized spacial score (nSPS) is 15.7. The maximum atomic E-state index is 13.1. The molecule has 3 amide bonds. The fourth-order valence-electron chi connectivity index (χ4n) is 4.33. The van der Waals surface area contributed by atoms with E-state index in [0.29, 0.717) is 30.9 Å². The van der Waals surface area contributed by atoms with Crippen LogP contribution in [0.15, 0.2) is 53.4 Å². The molecule has 0 aromatic heterocycles. The van der Waals surface area contributed by atoms with E-state index < -0.39 is 16.1 Å².